The van der Waals surface area contributed by atoms with Crippen LogP contribution in [0.3, 0.4) is 0 Å². The van der Waals surface area contributed by atoms with Crippen molar-refractivity contribution >= 4 is 34.6 Å². The van der Waals surface area contributed by atoms with Gasteiger partial charge in [-0.25, -0.2) is 4.79 Å². The zero-order chi connectivity index (χ0) is 18.5. The molecule has 6 heteroatoms. The van der Waals surface area contributed by atoms with Crippen LogP contribution >= 0.6 is 11.3 Å². The molecule has 1 saturated heterocycles. The number of carbonyl (C=O) groups excluding carboxylic acids is 2. The van der Waals surface area contributed by atoms with E-state index in [4.69, 9.17) is 4.74 Å². The predicted molar refractivity (Wildman–Crippen MR) is 105 cm³/mol. The standard InChI is InChI=1S/C20H24N2O3S/c1-14-10-13-26-18(14)20(24)25-15(2)19(23)21-16-6-8-17(9-7-16)22-11-4-3-5-12-22/h6-10,13,15H,3-5,11-12H2,1-2H3,(H,21,23)/t15-/m1/s1. The van der Waals surface area contributed by atoms with Gasteiger partial charge in [-0.3, -0.25) is 4.79 Å². The number of rotatable bonds is 5. The van der Waals surface area contributed by atoms with Gasteiger partial charge in [-0.15, -0.1) is 11.3 Å². The summed E-state index contributed by atoms with van der Waals surface area (Å²) in [6.45, 7) is 5.60. The Morgan fingerprint density at radius 3 is 2.42 bits per heavy atom. The summed E-state index contributed by atoms with van der Waals surface area (Å²) >= 11 is 1.32. The average Bonchev–Trinajstić information content (AvgIpc) is 3.09. The first-order valence-corrected chi connectivity index (χ1v) is 9.83. The summed E-state index contributed by atoms with van der Waals surface area (Å²) in [5.41, 5.74) is 2.74. The van der Waals surface area contributed by atoms with Crippen LogP contribution in [0.1, 0.15) is 41.4 Å². The number of aryl methyl sites for hydroxylation is 1. The molecule has 1 amide bonds. The number of ether oxygens (including phenoxy) is 1. The monoisotopic (exact) mass is 372 g/mol. The van der Waals surface area contributed by atoms with E-state index in [-0.39, 0.29) is 5.91 Å². The summed E-state index contributed by atoms with van der Waals surface area (Å²) in [4.78, 5) is 27.3. The molecule has 2 heterocycles. The van der Waals surface area contributed by atoms with E-state index in [0.29, 0.717) is 10.6 Å². The largest absolute Gasteiger partial charge is 0.448 e. The van der Waals surface area contributed by atoms with E-state index in [1.165, 1.54) is 36.3 Å². The maximum Gasteiger partial charge on any atom is 0.349 e. The molecule has 0 spiro atoms. The van der Waals surface area contributed by atoms with E-state index < -0.39 is 12.1 Å². The molecule has 1 aromatic carbocycles. The first kappa shape index (κ1) is 18.5. The maximum atomic E-state index is 12.3. The Kier molecular flexibility index (Phi) is 5.93. The number of anilines is 2. The van der Waals surface area contributed by atoms with Crippen LogP contribution in [0, 0.1) is 6.92 Å². The molecular formula is C20H24N2O3S. The lowest BCUT2D eigenvalue weighted by atomic mass is 10.1. The minimum atomic E-state index is -0.856. The minimum absolute atomic E-state index is 0.335. The molecule has 138 valence electrons. The Bertz CT molecular complexity index is 764. The topological polar surface area (TPSA) is 58.6 Å². The summed E-state index contributed by atoms with van der Waals surface area (Å²) in [5, 5.41) is 4.64. The first-order chi connectivity index (χ1) is 12.5. The number of thiophene rings is 1. The van der Waals surface area contributed by atoms with Crippen LogP contribution < -0.4 is 10.2 Å². The lowest BCUT2D eigenvalue weighted by Crippen LogP contribution is -2.30. The molecule has 1 aromatic heterocycles. The summed E-state index contributed by atoms with van der Waals surface area (Å²) in [6.07, 6.45) is 2.90. The molecule has 0 saturated carbocycles. The Hall–Kier alpha value is -2.34. The molecule has 0 aliphatic carbocycles. The van der Waals surface area contributed by atoms with Gasteiger partial charge in [-0.1, -0.05) is 0 Å². The van der Waals surface area contributed by atoms with Gasteiger partial charge in [0.25, 0.3) is 5.91 Å². The molecule has 1 aliphatic rings. The molecular weight excluding hydrogens is 348 g/mol. The van der Waals surface area contributed by atoms with Crippen molar-refractivity contribution < 1.29 is 14.3 Å². The van der Waals surface area contributed by atoms with Crippen LogP contribution in [0.25, 0.3) is 0 Å². The fourth-order valence-corrected chi connectivity index (χ4v) is 3.81. The normalized spacial score (nSPS) is 15.4. The van der Waals surface area contributed by atoms with Crippen LogP contribution in [0.2, 0.25) is 0 Å². The number of hydrogen-bond donors (Lipinski definition) is 1. The van der Waals surface area contributed by atoms with Crippen molar-refractivity contribution in [1.82, 2.24) is 0 Å². The van der Waals surface area contributed by atoms with E-state index in [1.54, 1.807) is 6.92 Å². The van der Waals surface area contributed by atoms with Crippen LogP contribution in [-0.4, -0.2) is 31.1 Å². The minimum Gasteiger partial charge on any atom is -0.448 e. The molecule has 0 bridgehead atoms. The van der Waals surface area contributed by atoms with Gasteiger partial charge in [-0.05, 0) is 74.4 Å². The van der Waals surface area contributed by atoms with Crippen LogP contribution in [0.15, 0.2) is 35.7 Å². The molecule has 0 radical (unpaired) electrons. The molecule has 5 nitrogen and oxygen atoms in total. The molecule has 1 fully saturated rings. The maximum absolute atomic E-state index is 12.3. The van der Waals surface area contributed by atoms with Gasteiger partial charge in [0, 0.05) is 24.5 Å². The quantitative estimate of drug-likeness (QED) is 0.798. The molecule has 3 rings (SSSR count). The van der Waals surface area contributed by atoms with Gasteiger partial charge >= 0.3 is 5.97 Å². The van der Waals surface area contributed by atoms with Crippen molar-refractivity contribution in [3.63, 3.8) is 0 Å². The van der Waals surface area contributed by atoms with Crippen molar-refractivity contribution in [1.29, 1.82) is 0 Å². The summed E-state index contributed by atoms with van der Waals surface area (Å²) < 4.78 is 5.28. The number of benzene rings is 1. The molecule has 2 aromatic rings. The van der Waals surface area contributed by atoms with E-state index in [0.717, 1.165) is 18.7 Å². The highest BCUT2D eigenvalue weighted by atomic mass is 32.1. The molecule has 1 aliphatic heterocycles. The number of nitrogens with one attached hydrogen (secondary N) is 1. The second kappa shape index (κ2) is 8.36. The fourth-order valence-electron chi connectivity index (χ4n) is 3.00. The zero-order valence-electron chi connectivity index (χ0n) is 15.2. The van der Waals surface area contributed by atoms with E-state index in [2.05, 4.69) is 10.2 Å². The first-order valence-electron chi connectivity index (χ1n) is 8.95. The lowest BCUT2D eigenvalue weighted by Gasteiger charge is -2.28. The van der Waals surface area contributed by atoms with Gasteiger partial charge in [-0.2, -0.15) is 0 Å². The number of piperidine rings is 1. The number of amides is 1. The second-order valence-electron chi connectivity index (χ2n) is 6.56. The summed E-state index contributed by atoms with van der Waals surface area (Å²) in [6, 6.07) is 9.68. The highest BCUT2D eigenvalue weighted by molar-refractivity contribution is 7.12. The van der Waals surface area contributed by atoms with Crippen LogP contribution in [-0.2, 0) is 9.53 Å². The second-order valence-corrected chi connectivity index (χ2v) is 7.48. The Balaban J connectivity index is 1.55. The van der Waals surface area contributed by atoms with Gasteiger partial charge < -0.3 is 15.0 Å². The van der Waals surface area contributed by atoms with Gasteiger partial charge in [0.15, 0.2) is 6.10 Å². The third kappa shape index (κ3) is 4.43. The number of hydrogen-bond acceptors (Lipinski definition) is 5. The zero-order valence-corrected chi connectivity index (χ0v) is 16.0. The Labute approximate surface area is 158 Å². The van der Waals surface area contributed by atoms with E-state index in [9.17, 15) is 9.59 Å². The van der Waals surface area contributed by atoms with Crippen LogP contribution in [0.4, 0.5) is 11.4 Å². The smallest absolute Gasteiger partial charge is 0.349 e. The summed E-state index contributed by atoms with van der Waals surface area (Å²) in [7, 11) is 0. The third-order valence-corrected chi connectivity index (χ3v) is 5.55. The molecule has 1 atom stereocenters. The highest BCUT2D eigenvalue weighted by Gasteiger charge is 2.21. The number of carbonyl (C=O) groups is 2. The van der Waals surface area contributed by atoms with E-state index in [1.807, 2.05) is 42.6 Å². The molecule has 0 unspecified atom stereocenters. The van der Waals surface area contributed by atoms with Gasteiger partial charge in [0.1, 0.15) is 4.88 Å². The average molecular weight is 372 g/mol. The predicted octanol–water partition coefficient (Wildman–Crippen LogP) is 4.23. The van der Waals surface area contributed by atoms with Crippen molar-refractivity contribution in [3.8, 4) is 0 Å². The summed E-state index contributed by atoms with van der Waals surface area (Å²) in [5.74, 6) is -0.793. The van der Waals surface area contributed by atoms with Crippen LogP contribution in [0.5, 0.6) is 0 Å². The Morgan fingerprint density at radius 1 is 1.12 bits per heavy atom. The van der Waals surface area contributed by atoms with Crippen molar-refractivity contribution in [2.24, 2.45) is 0 Å². The molecule has 1 N–H and O–H groups in total. The van der Waals surface area contributed by atoms with Crippen molar-refractivity contribution in [2.45, 2.75) is 39.2 Å². The third-order valence-electron chi connectivity index (χ3n) is 4.56. The Morgan fingerprint density at radius 2 is 1.81 bits per heavy atom. The molecule has 26 heavy (non-hydrogen) atoms. The SMILES string of the molecule is Cc1ccsc1C(=O)O[C@H](C)C(=O)Nc1ccc(N2CCCCC2)cc1. The van der Waals surface area contributed by atoms with Gasteiger partial charge in [0.2, 0.25) is 0 Å². The van der Waals surface area contributed by atoms with Crippen molar-refractivity contribution in [3.05, 3.63) is 46.2 Å². The fraction of sp³-hybridized carbons (Fsp3) is 0.400. The van der Waals surface area contributed by atoms with E-state index >= 15 is 0 Å². The number of esters is 1. The highest BCUT2D eigenvalue weighted by Crippen LogP contribution is 2.22. The van der Waals surface area contributed by atoms with Gasteiger partial charge in [0.05, 0.1) is 0 Å². The van der Waals surface area contributed by atoms with Crippen molar-refractivity contribution in [2.75, 3.05) is 23.3 Å². The lowest BCUT2D eigenvalue weighted by molar-refractivity contribution is -0.123. The number of nitrogens with zero attached hydrogens (tertiary/aromatic N) is 1.